The number of hydrogen-bond donors (Lipinski definition) is 1. The molecule has 0 radical (unpaired) electrons. The molecule has 0 atom stereocenters. The molecule has 2 aromatic carbocycles. The first kappa shape index (κ1) is 26.6. The molecule has 3 rings (SSSR count). The molecule has 1 heterocycles. The molecule has 1 aliphatic rings. The van der Waals surface area contributed by atoms with Gasteiger partial charge in [0, 0.05) is 24.3 Å². The van der Waals surface area contributed by atoms with Crippen molar-refractivity contribution in [1.82, 2.24) is 9.62 Å². The van der Waals surface area contributed by atoms with Gasteiger partial charge in [-0.15, -0.1) is 0 Å². The summed E-state index contributed by atoms with van der Waals surface area (Å²) in [4.78, 5) is 25.3. The lowest BCUT2D eigenvalue weighted by Gasteiger charge is -2.17. The number of nitrogens with one attached hydrogen (secondary N) is 1. The minimum Gasteiger partial charge on any atom is -0.379 e. The van der Waals surface area contributed by atoms with Crippen LogP contribution in [0.5, 0.6) is 0 Å². The molecule has 0 bridgehead atoms. The van der Waals surface area contributed by atoms with E-state index in [2.05, 4.69) is 19.2 Å². The Balaban J connectivity index is 1.67. The first-order chi connectivity index (χ1) is 16.5. The summed E-state index contributed by atoms with van der Waals surface area (Å²) in [7, 11) is -3.99. The van der Waals surface area contributed by atoms with Crippen LogP contribution in [0, 0.1) is 0 Å². The summed E-state index contributed by atoms with van der Waals surface area (Å²) in [6.07, 6.45) is 0.872. The molecule has 0 aliphatic carbocycles. The molecule has 35 heavy (non-hydrogen) atoms. The molecule has 8 heteroatoms. The van der Waals surface area contributed by atoms with Gasteiger partial charge in [0.15, 0.2) is 0 Å². The Labute approximate surface area is 208 Å². The van der Waals surface area contributed by atoms with Crippen LogP contribution in [-0.2, 0) is 26.1 Å². The first-order valence-corrected chi connectivity index (χ1v) is 13.3. The van der Waals surface area contributed by atoms with Crippen LogP contribution in [-0.4, -0.2) is 43.8 Å². The number of carbonyl (C=O) groups excluding carboxylic acids is 2. The van der Waals surface area contributed by atoms with E-state index in [0.29, 0.717) is 42.2 Å². The van der Waals surface area contributed by atoms with Gasteiger partial charge in [0.25, 0.3) is 21.8 Å². The van der Waals surface area contributed by atoms with Crippen molar-refractivity contribution in [1.29, 1.82) is 0 Å². The number of rotatable bonds is 10. The van der Waals surface area contributed by atoms with E-state index in [1.807, 2.05) is 26.0 Å². The van der Waals surface area contributed by atoms with Crippen LogP contribution in [0.25, 0.3) is 4.91 Å². The molecule has 0 saturated carbocycles. The van der Waals surface area contributed by atoms with Crippen molar-refractivity contribution in [2.75, 3.05) is 13.2 Å². The lowest BCUT2D eigenvalue weighted by atomic mass is 10.0. The van der Waals surface area contributed by atoms with E-state index in [1.165, 1.54) is 0 Å². The highest BCUT2D eigenvalue weighted by Crippen LogP contribution is 2.36. The van der Waals surface area contributed by atoms with Crippen molar-refractivity contribution in [2.24, 2.45) is 0 Å². The smallest absolute Gasteiger partial charge is 0.268 e. The van der Waals surface area contributed by atoms with Crippen LogP contribution in [0.4, 0.5) is 0 Å². The lowest BCUT2D eigenvalue weighted by Crippen LogP contribution is -2.31. The SMILES string of the molecule is CC1=C(c2ccc(C(C)C)cc2)S(=O)(=O)N(Cc2ccc(C(=O)NCCCOC(C)C)cc2)C1=O. The van der Waals surface area contributed by atoms with Gasteiger partial charge in [0.05, 0.1) is 12.6 Å². The van der Waals surface area contributed by atoms with E-state index in [0.717, 1.165) is 9.87 Å². The normalized spacial score (nSPS) is 15.4. The van der Waals surface area contributed by atoms with Crippen LogP contribution in [0.2, 0.25) is 0 Å². The number of carbonyl (C=O) groups is 2. The molecule has 2 aromatic rings. The zero-order valence-electron chi connectivity index (χ0n) is 21.0. The maximum atomic E-state index is 13.3. The highest BCUT2D eigenvalue weighted by Gasteiger charge is 2.42. The predicted octanol–water partition coefficient (Wildman–Crippen LogP) is 4.46. The van der Waals surface area contributed by atoms with Crippen LogP contribution in [0.1, 0.15) is 74.0 Å². The highest BCUT2D eigenvalue weighted by molar-refractivity contribution is 7.99. The number of nitrogens with zero attached hydrogens (tertiary/aromatic N) is 1. The van der Waals surface area contributed by atoms with Crippen molar-refractivity contribution < 1.29 is 22.7 Å². The molecule has 2 amide bonds. The number of benzene rings is 2. The summed E-state index contributed by atoms with van der Waals surface area (Å²) >= 11 is 0. The Kier molecular flexibility index (Phi) is 8.51. The summed E-state index contributed by atoms with van der Waals surface area (Å²) in [6, 6.07) is 13.9. The zero-order valence-corrected chi connectivity index (χ0v) is 21.8. The van der Waals surface area contributed by atoms with Gasteiger partial charge in [0.1, 0.15) is 4.91 Å². The maximum absolute atomic E-state index is 13.3. The van der Waals surface area contributed by atoms with Crippen LogP contribution < -0.4 is 5.32 Å². The molecule has 7 nitrogen and oxygen atoms in total. The number of ether oxygens (including phenoxy) is 1. The zero-order chi connectivity index (χ0) is 25.8. The third kappa shape index (κ3) is 6.18. The first-order valence-electron chi connectivity index (χ1n) is 11.9. The Morgan fingerprint density at radius 2 is 1.63 bits per heavy atom. The maximum Gasteiger partial charge on any atom is 0.268 e. The Bertz CT molecular complexity index is 1200. The predicted molar refractivity (Wildman–Crippen MR) is 137 cm³/mol. The second-order valence-corrected chi connectivity index (χ2v) is 11.1. The number of amides is 2. The van der Waals surface area contributed by atoms with Crippen LogP contribution in [0.15, 0.2) is 54.1 Å². The van der Waals surface area contributed by atoms with Gasteiger partial charge >= 0.3 is 0 Å². The minimum atomic E-state index is -3.99. The monoisotopic (exact) mass is 498 g/mol. The van der Waals surface area contributed by atoms with Crippen molar-refractivity contribution >= 4 is 26.7 Å². The fraction of sp³-hybridized carbons (Fsp3) is 0.407. The van der Waals surface area contributed by atoms with E-state index >= 15 is 0 Å². The summed E-state index contributed by atoms with van der Waals surface area (Å²) < 4.78 is 33.0. The van der Waals surface area contributed by atoms with Gasteiger partial charge in [-0.3, -0.25) is 9.59 Å². The van der Waals surface area contributed by atoms with Gasteiger partial charge in [-0.1, -0.05) is 50.2 Å². The third-order valence-electron chi connectivity index (χ3n) is 5.88. The van der Waals surface area contributed by atoms with Gasteiger partial charge in [-0.25, -0.2) is 12.7 Å². The molecular weight excluding hydrogens is 464 g/mol. The van der Waals surface area contributed by atoms with Gasteiger partial charge in [-0.2, -0.15) is 0 Å². The fourth-order valence-electron chi connectivity index (χ4n) is 3.86. The third-order valence-corrected chi connectivity index (χ3v) is 7.81. The molecule has 0 aromatic heterocycles. The number of hydrogen-bond acceptors (Lipinski definition) is 5. The molecule has 1 N–H and O–H groups in total. The highest BCUT2D eigenvalue weighted by atomic mass is 32.2. The van der Waals surface area contributed by atoms with Crippen LogP contribution in [0.3, 0.4) is 0 Å². The van der Waals surface area contributed by atoms with Crippen LogP contribution >= 0.6 is 0 Å². The minimum absolute atomic E-state index is 0.0512. The molecule has 0 spiro atoms. The fourth-order valence-corrected chi connectivity index (χ4v) is 5.66. The molecule has 0 saturated heterocycles. The average Bonchev–Trinajstić information content (AvgIpc) is 2.98. The topological polar surface area (TPSA) is 92.8 Å². The number of sulfonamides is 1. The molecule has 0 fully saturated rings. The molecule has 188 valence electrons. The lowest BCUT2D eigenvalue weighted by molar-refractivity contribution is -0.122. The largest absolute Gasteiger partial charge is 0.379 e. The molecular formula is C27H34N2O5S. The Morgan fingerprint density at radius 1 is 1.00 bits per heavy atom. The van der Waals surface area contributed by atoms with E-state index < -0.39 is 15.9 Å². The summed E-state index contributed by atoms with van der Waals surface area (Å²) in [6.45, 7) is 10.6. The molecule has 0 unspecified atom stereocenters. The Morgan fingerprint density at radius 3 is 2.20 bits per heavy atom. The second-order valence-electron chi connectivity index (χ2n) is 9.27. The van der Waals surface area contributed by atoms with E-state index in [4.69, 9.17) is 4.74 Å². The summed E-state index contributed by atoms with van der Waals surface area (Å²) in [5.41, 5.74) is 2.90. The van der Waals surface area contributed by atoms with Gasteiger partial charge in [-0.05, 0) is 61.9 Å². The van der Waals surface area contributed by atoms with Crippen molar-refractivity contribution in [3.05, 3.63) is 76.4 Å². The summed E-state index contributed by atoms with van der Waals surface area (Å²) in [5.74, 6) is -0.421. The van der Waals surface area contributed by atoms with Gasteiger partial charge < -0.3 is 10.1 Å². The summed E-state index contributed by atoms with van der Waals surface area (Å²) in [5, 5.41) is 2.84. The van der Waals surface area contributed by atoms with E-state index in [1.54, 1.807) is 43.3 Å². The molecule has 1 aliphatic heterocycles. The quantitative estimate of drug-likeness (QED) is 0.488. The van der Waals surface area contributed by atoms with E-state index in [-0.39, 0.29) is 29.0 Å². The average molecular weight is 499 g/mol. The Hall–Kier alpha value is -2.97. The van der Waals surface area contributed by atoms with Crippen molar-refractivity contribution in [2.45, 2.75) is 59.6 Å². The van der Waals surface area contributed by atoms with Gasteiger partial charge in [0.2, 0.25) is 0 Å². The van der Waals surface area contributed by atoms with Crippen molar-refractivity contribution in [3.63, 3.8) is 0 Å². The van der Waals surface area contributed by atoms with Crippen molar-refractivity contribution in [3.8, 4) is 0 Å². The second kappa shape index (κ2) is 11.2. The standard InChI is InChI=1S/C27H34N2O5S/c1-18(2)22-11-13-23(14-12-22)25-20(5)27(31)29(35(25,32)33)17-21-7-9-24(10-8-21)26(30)28-15-6-16-34-19(3)4/h7-14,18-19H,6,15-17H2,1-5H3,(H,28,30). The van der Waals surface area contributed by atoms with E-state index in [9.17, 15) is 18.0 Å².